The fourth-order valence-electron chi connectivity index (χ4n) is 1.70. The van der Waals surface area contributed by atoms with E-state index in [1.54, 1.807) is 36.5 Å². The predicted octanol–water partition coefficient (Wildman–Crippen LogP) is 7.08. The number of carbonyl (C=O) groups is 3. The number of hydrogen-bond donors (Lipinski definition) is 1. The van der Waals surface area contributed by atoms with Crippen LogP contribution >= 0.6 is 73.9 Å². The lowest BCUT2D eigenvalue weighted by molar-refractivity contribution is 0.0605. The number of hydrogen-bond acceptors (Lipinski definition) is 7. The van der Waals surface area contributed by atoms with Gasteiger partial charge in [0.05, 0.1) is 15.8 Å². The van der Waals surface area contributed by atoms with Gasteiger partial charge in [-0.2, -0.15) is 0 Å². The van der Waals surface area contributed by atoms with Crippen LogP contribution in [0.4, 0.5) is 4.70 Å². The smallest absolute Gasteiger partial charge is 0.348 e. The van der Waals surface area contributed by atoms with Crippen LogP contribution in [0.1, 0.15) is 45.7 Å². The highest BCUT2D eigenvalue weighted by Gasteiger charge is 2.06. The number of rotatable bonds is 3. The Hall–Kier alpha value is -1.15. The summed E-state index contributed by atoms with van der Waals surface area (Å²) >= 11 is 7.45. The van der Waals surface area contributed by atoms with Crippen LogP contribution in [0.15, 0.2) is 40.2 Å². The highest BCUT2D eigenvalue weighted by atomic mass is 127. The summed E-state index contributed by atoms with van der Waals surface area (Å²) < 4.78 is 5.44. The number of thiophene rings is 3. The van der Waals surface area contributed by atoms with Gasteiger partial charge in [0.2, 0.25) is 0 Å². The van der Waals surface area contributed by atoms with Gasteiger partial charge in [-0.1, -0.05) is 0 Å². The van der Waals surface area contributed by atoms with E-state index in [4.69, 9.17) is 5.11 Å². The van der Waals surface area contributed by atoms with E-state index in [1.807, 2.05) is 32.0 Å². The number of ether oxygens (including phenoxy) is 1. The van der Waals surface area contributed by atoms with Crippen LogP contribution in [-0.2, 0) is 4.74 Å². The van der Waals surface area contributed by atoms with Gasteiger partial charge in [0.25, 0.3) is 0 Å². The van der Waals surface area contributed by atoms with Crippen LogP contribution in [0.2, 0.25) is 0 Å². The summed E-state index contributed by atoms with van der Waals surface area (Å²) in [7, 11) is 1.37. The van der Waals surface area contributed by atoms with Crippen molar-refractivity contribution in [3.05, 3.63) is 64.6 Å². The van der Waals surface area contributed by atoms with Crippen molar-refractivity contribution in [2.24, 2.45) is 0 Å². The number of aryl methyl sites for hydroxylation is 2. The second-order valence-electron chi connectivity index (χ2n) is 5.28. The van der Waals surface area contributed by atoms with Crippen molar-refractivity contribution in [2.45, 2.75) is 20.8 Å². The maximum Gasteiger partial charge on any atom is 0.348 e. The number of ketones is 1. The summed E-state index contributed by atoms with van der Waals surface area (Å²) in [6.45, 7) is 5.47. The van der Waals surface area contributed by atoms with Crippen molar-refractivity contribution in [1.29, 1.82) is 0 Å². The summed E-state index contributed by atoms with van der Waals surface area (Å²) in [4.78, 5) is 35.8. The molecule has 0 atom stereocenters. The minimum Gasteiger partial charge on any atom is -0.477 e. The quantitative estimate of drug-likeness (QED) is 0.186. The third-order valence-electron chi connectivity index (χ3n) is 3.00. The third-order valence-corrected chi connectivity index (χ3v) is 6.69. The Morgan fingerprint density at radius 1 is 0.867 bits per heavy atom. The monoisotopic (exact) mass is 650 g/mol. The zero-order valence-electron chi connectivity index (χ0n) is 16.5. The normalized spacial score (nSPS) is 8.83. The van der Waals surface area contributed by atoms with E-state index in [-0.39, 0.29) is 40.4 Å². The molecule has 0 saturated heterocycles. The first kappa shape index (κ1) is 31.0. The van der Waals surface area contributed by atoms with Gasteiger partial charge in [-0.25, -0.2) is 9.59 Å². The molecule has 5 nitrogen and oxygen atoms in total. The first-order chi connectivity index (χ1) is 13.1. The Labute approximate surface area is 211 Å². The Morgan fingerprint density at radius 3 is 1.57 bits per heavy atom. The van der Waals surface area contributed by atoms with Crippen molar-refractivity contribution in [3.8, 4) is 0 Å². The molecule has 0 aliphatic rings. The molecule has 166 valence electrons. The molecular weight excluding hydrogens is 630 g/mol. The third kappa shape index (κ3) is 11.3. The maximum atomic E-state index is 10.8. The zero-order chi connectivity index (χ0) is 21.3. The van der Waals surface area contributed by atoms with E-state index < -0.39 is 5.97 Å². The van der Waals surface area contributed by atoms with Crippen LogP contribution in [0.3, 0.4) is 0 Å². The van der Waals surface area contributed by atoms with Crippen molar-refractivity contribution in [3.63, 3.8) is 0 Å². The van der Waals surface area contributed by atoms with Gasteiger partial charge in [0.15, 0.2) is 5.78 Å². The number of methoxy groups -OCH3 is 1. The maximum absolute atomic E-state index is 10.8. The first-order valence-electron chi connectivity index (χ1n) is 7.84. The molecule has 11 heteroatoms. The molecule has 0 aromatic carbocycles. The van der Waals surface area contributed by atoms with Gasteiger partial charge in [0.1, 0.15) is 9.75 Å². The van der Waals surface area contributed by atoms with Crippen LogP contribution in [0.25, 0.3) is 0 Å². The zero-order valence-corrected chi connectivity index (χ0v) is 22.8. The standard InChI is InChI=1S/C7H8OS.C6H5BrO2S.C6H6O2S.FH.HI/c1-5-3-4-7(9-5)6(2)8;1-9-6(8)4-2-3-5(7)10-4;1-4-2-3-5(9-4)6(7)8;;/h3-4H,1-2H3;2-3H,1H3;2-3H,1H3,(H,7,8);2*1H. The highest BCUT2D eigenvalue weighted by molar-refractivity contribution is 14.0. The number of carbonyl (C=O) groups excluding carboxylic acids is 2. The SMILES string of the molecule is CC(=O)c1ccc(C)s1.COC(=O)c1ccc(Br)s1.Cc1ccc(C(=O)O)s1.F.I. The molecule has 0 saturated carbocycles. The van der Waals surface area contributed by atoms with E-state index in [1.165, 1.54) is 34.7 Å². The van der Waals surface area contributed by atoms with Gasteiger partial charge in [-0.3, -0.25) is 9.50 Å². The predicted molar refractivity (Wildman–Crippen MR) is 136 cm³/mol. The largest absolute Gasteiger partial charge is 0.477 e. The summed E-state index contributed by atoms with van der Waals surface area (Å²) in [6.07, 6.45) is 0. The van der Waals surface area contributed by atoms with Crippen molar-refractivity contribution in [2.75, 3.05) is 7.11 Å². The molecule has 0 aliphatic heterocycles. The second kappa shape index (κ2) is 15.6. The molecule has 0 aliphatic carbocycles. The van der Waals surface area contributed by atoms with E-state index >= 15 is 0 Å². The van der Waals surface area contributed by atoms with E-state index in [2.05, 4.69) is 20.7 Å². The molecule has 3 aromatic rings. The fraction of sp³-hybridized carbons (Fsp3) is 0.211. The minimum atomic E-state index is -0.840. The van der Waals surface area contributed by atoms with E-state index in [0.717, 1.165) is 13.5 Å². The lowest BCUT2D eigenvalue weighted by atomic mass is 10.3. The first-order valence-corrected chi connectivity index (χ1v) is 11.1. The molecule has 0 radical (unpaired) electrons. The average molecular weight is 651 g/mol. The molecule has 3 heterocycles. The molecule has 0 fully saturated rings. The minimum absolute atomic E-state index is 0. The molecule has 30 heavy (non-hydrogen) atoms. The second-order valence-corrected chi connectivity index (χ2v) is 10.3. The summed E-state index contributed by atoms with van der Waals surface area (Å²) in [5.41, 5.74) is 0. The van der Waals surface area contributed by atoms with Crippen LogP contribution in [-0.4, -0.2) is 29.9 Å². The van der Waals surface area contributed by atoms with Crippen molar-refractivity contribution in [1.82, 2.24) is 0 Å². The van der Waals surface area contributed by atoms with E-state index in [9.17, 15) is 14.4 Å². The van der Waals surface area contributed by atoms with Crippen molar-refractivity contribution < 1.29 is 28.9 Å². The number of halogens is 3. The Kier molecular flexibility index (Phi) is 16.2. The Bertz CT molecular complexity index is 901. The summed E-state index contributed by atoms with van der Waals surface area (Å²) in [5.74, 6) is -0.961. The van der Waals surface area contributed by atoms with Gasteiger partial charge in [-0.05, 0) is 73.1 Å². The van der Waals surface area contributed by atoms with Gasteiger partial charge >= 0.3 is 11.9 Å². The fourth-order valence-corrected chi connectivity index (χ4v) is 4.47. The number of esters is 1. The molecule has 1 N–H and O–H groups in total. The van der Waals surface area contributed by atoms with Crippen LogP contribution < -0.4 is 0 Å². The van der Waals surface area contributed by atoms with E-state index in [0.29, 0.717) is 9.75 Å². The lowest BCUT2D eigenvalue weighted by Gasteiger charge is -1.90. The van der Waals surface area contributed by atoms with Crippen LogP contribution in [0.5, 0.6) is 0 Å². The topological polar surface area (TPSA) is 80.7 Å². The number of carboxylic acid groups (broad SMARTS) is 1. The summed E-state index contributed by atoms with van der Waals surface area (Å²) in [5, 5.41) is 8.41. The molecular formula is C19H21BrFIO5S3. The average Bonchev–Trinajstić information content (AvgIpc) is 3.37. The molecule has 3 rings (SSSR count). The number of Topliss-reactive ketones (excluding diaryl/α,β-unsaturated/α-hetero) is 1. The van der Waals surface area contributed by atoms with Gasteiger partial charge in [0, 0.05) is 9.75 Å². The molecule has 0 bridgehead atoms. The Balaban J connectivity index is 0. The van der Waals surface area contributed by atoms with Gasteiger partial charge in [-0.15, -0.1) is 58.0 Å². The number of aromatic carboxylic acids is 1. The Morgan fingerprint density at radius 2 is 1.33 bits per heavy atom. The van der Waals surface area contributed by atoms with Crippen molar-refractivity contribution >= 4 is 91.6 Å². The molecule has 0 unspecified atom stereocenters. The van der Waals surface area contributed by atoms with Gasteiger partial charge < -0.3 is 9.84 Å². The highest BCUT2D eigenvalue weighted by Crippen LogP contribution is 2.22. The van der Waals surface area contributed by atoms with Crippen LogP contribution in [0, 0.1) is 13.8 Å². The summed E-state index contributed by atoms with van der Waals surface area (Å²) in [6, 6.07) is 10.8. The molecule has 0 spiro atoms. The molecule has 3 aromatic heterocycles. The number of carboxylic acids is 1. The molecule has 0 amide bonds. The lowest BCUT2D eigenvalue weighted by Crippen LogP contribution is -1.96.